The van der Waals surface area contributed by atoms with Gasteiger partial charge in [-0.3, -0.25) is 4.79 Å². The van der Waals surface area contributed by atoms with E-state index in [0.29, 0.717) is 18.2 Å². The normalized spacial score (nSPS) is 21.6. The van der Waals surface area contributed by atoms with Gasteiger partial charge in [-0.25, -0.2) is 4.68 Å². The fraction of sp³-hybridized carbons (Fsp3) is 0.571. The Bertz CT molecular complexity index is 686. The molecule has 0 spiro atoms. The number of likely N-dealkylation sites (tertiary alicyclic amines) is 1. The first-order valence-electron chi connectivity index (χ1n) is 7.41. The summed E-state index contributed by atoms with van der Waals surface area (Å²) in [6, 6.07) is 2.08. The van der Waals surface area contributed by atoms with Crippen LogP contribution in [-0.4, -0.2) is 61.1 Å². The van der Waals surface area contributed by atoms with Gasteiger partial charge < -0.3 is 10.0 Å². The molecule has 1 N–H and O–H groups in total. The van der Waals surface area contributed by atoms with Gasteiger partial charge in [0.2, 0.25) is 11.1 Å². The number of carbonyl (C=O) groups excluding carboxylic acids is 1. The van der Waals surface area contributed by atoms with Crippen LogP contribution in [-0.2, 0) is 11.8 Å². The van der Waals surface area contributed by atoms with Crippen LogP contribution in [0.3, 0.4) is 0 Å². The van der Waals surface area contributed by atoms with Gasteiger partial charge in [-0.1, -0.05) is 11.8 Å². The molecule has 23 heavy (non-hydrogen) atoms. The summed E-state index contributed by atoms with van der Waals surface area (Å²) in [5.41, 5.74) is 1.23. The maximum absolute atomic E-state index is 12.3. The fourth-order valence-corrected chi connectivity index (χ4v) is 4.66. The maximum Gasteiger partial charge on any atom is 0.233 e. The Morgan fingerprint density at radius 2 is 2.39 bits per heavy atom. The number of carbonyl (C=O) groups is 1. The van der Waals surface area contributed by atoms with Gasteiger partial charge >= 0.3 is 0 Å². The van der Waals surface area contributed by atoms with Crippen molar-refractivity contribution in [2.24, 2.45) is 7.05 Å². The van der Waals surface area contributed by atoms with E-state index in [9.17, 15) is 9.90 Å². The molecule has 2 aromatic heterocycles. The van der Waals surface area contributed by atoms with Crippen molar-refractivity contribution in [2.75, 3.05) is 18.8 Å². The molecule has 0 unspecified atom stereocenters. The maximum atomic E-state index is 12.3. The van der Waals surface area contributed by atoms with Crippen molar-refractivity contribution < 1.29 is 9.90 Å². The number of thioether (sulfide) groups is 1. The van der Waals surface area contributed by atoms with Crippen LogP contribution in [0.1, 0.15) is 22.8 Å². The first kappa shape index (κ1) is 16.4. The number of tetrazole rings is 1. The molecule has 0 radical (unpaired) electrons. The van der Waals surface area contributed by atoms with E-state index in [1.807, 2.05) is 0 Å². The average molecular weight is 353 g/mol. The number of aliphatic hydroxyl groups excluding tert-OH is 1. The Labute approximate surface area is 142 Å². The smallest absolute Gasteiger partial charge is 0.233 e. The molecule has 124 valence electrons. The minimum Gasteiger partial charge on any atom is -0.391 e. The molecule has 0 saturated carbocycles. The third-order valence-corrected chi connectivity index (χ3v) is 6.23. The summed E-state index contributed by atoms with van der Waals surface area (Å²) in [5.74, 6) is 0.428. The second kappa shape index (κ2) is 6.98. The van der Waals surface area contributed by atoms with Gasteiger partial charge in [0, 0.05) is 30.9 Å². The minimum absolute atomic E-state index is 0.0124. The number of aromatic nitrogens is 4. The van der Waals surface area contributed by atoms with Gasteiger partial charge in [0.15, 0.2) is 0 Å². The van der Waals surface area contributed by atoms with E-state index < -0.39 is 6.10 Å². The Morgan fingerprint density at radius 3 is 3.00 bits per heavy atom. The van der Waals surface area contributed by atoms with Gasteiger partial charge in [-0.05, 0) is 40.8 Å². The molecule has 1 aliphatic rings. The lowest BCUT2D eigenvalue weighted by molar-refractivity contribution is -0.131. The average Bonchev–Trinajstić information content (AvgIpc) is 3.13. The number of aliphatic hydroxyl groups is 1. The molecule has 3 rings (SSSR count). The molecule has 0 aliphatic carbocycles. The molecule has 1 aliphatic heterocycles. The van der Waals surface area contributed by atoms with E-state index in [0.717, 1.165) is 6.42 Å². The zero-order chi connectivity index (χ0) is 16.4. The highest BCUT2D eigenvalue weighted by Crippen LogP contribution is 2.34. The number of hydrogen-bond acceptors (Lipinski definition) is 7. The monoisotopic (exact) mass is 353 g/mol. The number of β-amino-alcohol motifs (C(OH)–C–C–N with tert-alkyl or cyclic N) is 1. The summed E-state index contributed by atoms with van der Waals surface area (Å²) in [6.45, 7) is 3.13. The summed E-state index contributed by atoms with van der Waals surface area (Å²) in [7, 11) is 1.74. The van der Waals surface area contributed by atoms with Gasteiger partial charge in [0.1, 0.15) is 0 Å². The van der Waals surface area contributed by atoms with Crippen molar-refractivity contribution in [2.45, 2.75) is 30.5 Å². The number of thiophene rings is 1. The van der Waals surface area contributed by atoms with E-state index in [1.165, 1.54) is 22.2 Å². The number of aryl methyl sites for hydroxylation is 2. The van der Waals surface area contributed by atoms with E-state index in [-0.39, 0.29) is 17.6 Å². The van der Waals surface area contributed by atoms with Gasteiger partial charge in [0.25, 0.3) is 0 Å². The molecule has 7 nitrogen and oxygen atoms in total. The first-order chi connectivity index (χ1) is 11.1. The Morgan fingerprint density at radius 1 is 1.57 bits per heavy atom. The highest BCUT2D eigenvalue weighted by Gasteiger charge is 2.32. The number of rotatable bonds is 4. The summed E-state index contributed by atoms with van der Waals surface area (Å²) in [6.07, 6.45) is 0.288. The van der Waals surface area contributed by atoms with Crippen molar-refractivity contribution in [3.8, 4) is 0 Å². The Hall–Kier alpha value is -1.45. The zero-order valence-electron chi connectivity index (χ0n) is 13.0. The molecule has 2 atom stereocenters. The number of nitrogens with zero attached hydrogens (tertiary/aromatic N) is 5. The van der Waals surface area contributed by atoms with Crippen molar-refractivity contribution in [1.29, 1.82) is 0 Å². The standard InChI is InChI=1S/C14H19N5O2S2/c1-9-4-6-22-13(9)10-3-5-19(7-11(10)20)12(21)8-23-14-15-16-17-18(14)2/h4,6,10-11,20H,3,5,7-8H2,1-2H3/t10-,11-/m1/s1. The largest absolute Gasteiger partial charge is 0.391 e. The van der Waals surface area contributed by atoms with Crippen molar-refractivity contribution >= 4 is 29.0 Å². The third-order valence-electron chi connectivity index (χ3n) is 4.08. The van der Waals surface area contributed by atoms with Crippen LogP contribution >= 0.6 is 23.1 Å². The van der Waals surface area contributed by atoms with Crippen LogP contribution in [0.15, 0.2) is 16.6 Å². The highest BCUT2D eigenvalue weighted by molar-refractivity contribution is 7.99. The molecule has 9 heteroatoms. The van der Waals surface area contributed by atoms with Gasteiger partial charge in [-0.15, -0.1) is 16.4 Å². The van der Waals surface area contributed by atoms with Crippen molar-refractivity contribution in [3.05, 3.63) is 21.9 Å². The van der Waals surface area contributed by atoms with Crippen LogP contribution in [0.5, 0.6) is 0 Å². The van der Waals surface area contributed by atoms with Crippen LogP contribution in [0.25, 0.3) is 0 Å². The third kappa shape index (κ3) is 3.56. The lowest BCUT2D eigenvalue weighted by atomic mass is 9.91. The molecular weight excluding hydrogens is 334 g/mol. The molecule has 1 amide bonds. The minimum atomic E-state index is -0.508. The number of piperidine rings is 1. The van der Waals surface area contributed by atoms with E-state index in [2.05, 4.69) is 33.9 Å². The SMILES string of the molecule is Cc1ccsc1[C@@H]1CCN(C(=O)CSc2nnnn2C)C[C@H]1O. The molecule has 1 fully saturated rings. The van der Waals surface area contributed by atoms with Gasteiger partial charge in [-0.2, -0.15) is 0 Å². The topological polar surface area (TPSA) is 84.1 Å². The summed E-state index contributed by atoms with van der Waals surface area (Å²) >= 11 is 3.00. The molecule has 0 aromatic carbocycles. The molecule has 0 bridgehead atoms. The van der Waals surface area contributed by atoms with Crippen LogP contribution in [0.4, 0.5) is 0 Å². The van der Waals surface area contributed by atoms with Crippen LogP contribution < -0.4 is 0 Å². The summed E-state index contributed by atoms with van der Waals surface area (Å²) in [4.78, 5) is 15.3. The quantitative estimate of drug-likeness (QED) is 0.827. The fourth-order valence-electron chi connectivity index (χ4n) is 2.79. The molecule has 2 aromatic rings. The molecular formula is C14H19N5O2S2. The lowest BCUT2D eigenvalue weighted by Crippen LogP contribution is -2.46. The van der Waals surface area contributed by atoms with E-state index in [4.69, 9.17) is 0 Å². The second-order valence-electron chi connectivity index (χ2n) is 5.64. The zero-order valence-corrected chi connectivity index (χ0v) is 14.7. The summed E-state index contributed by atoms with van der Waals surface area (Å²) in [5, 5.41) is 24.3. The first-order valence-corrected chi connectivity index (χ1v) is 9.27. The van der Waals surface area contributed by atoms with Crippen molar-refractivity contribution in [3.63, 3.8) is 0 Å². The van der Waals surface area contributed by atoms with Crippen LogP contribution in [0.2, 0.25) is 0 Å². The Kier molecular flexibility index (Phi) is 4.98. The Balaban J connectivity index is 1.56. The van der Waals surface area contributed by atoms with E-state index >= 15 is 0 Å². The predicted molar refractivity (Wildman–Crippen MR) is 88.5 cm³/mol. The lowest BCUT2D eigenvalue weighted by Gasteiger charge is -2.36. The molecule has 3 heterocycles. The number of amides is 1. The van der Waals surface area contributed by atoms with E-state index in [1.54, 1.807) is 28.0 Å². The second-order valence-corrected chi connectivity index (χ2v) is 7.53. The number of hydrogen-bond donors (Lipinski definition) is 1. The van der Waals surface area contributed by atoms with Crippen LogP contribution in [0, 0.1) is 6.92 Å². The molecule has 1 saturated heterocycles. The van der Waals surface area contributed by atoms with Crippen molar-refractivity contribution in [1.82, 2.24) is 25.1 Å². The highest BCUT2D eigenvalue weighted by atomic mass is 32.2. The predicted octanol–water partition coefficient (Wildman–Crippen LogP) is 1.05. The summed E-state index contributed by atoms with van der Waals surface area (Å²) < 4.78 is 1.54. The van der Waals surface area contributed by atoms with Gasteiger partial charge in [0.05, 0.1) is 11.9 Å².